The zero-order valence-electron chi connectivity index (χ0n) is 12.6. The minimum Gasteiger partial charge on any atom is -0.456 e. The maximum absolute atomic E-state index is 9.27. The molecule has 4 heteroatoms. The highest BCUT2D eigenvalue weighted by Crippen LogP contribution is 2.38. The highest BCUT2D eigenvalue weighted by Gasteiger charge is 2.13. The van der Waals surface area contributed by atoms with Crippen molar-refractivity contribution in [3.05, 3.63) is 83.9 Å². The van der Waals surface area contributed by atoms with Gasteiger partial charge in [-0.3, -0.25) is 0 Å². The van der Waals surface area contributed by atoms with Crippen LogP contribution >= 0.6 is 11.8 Å². The van der Waals surface area contributed by atoms with Crippen LogP contribution in [0.2, 0.25) is 0 Å². The minimum atomic E-state index is 0.306. The van der Waals surface area contributed by atoms with Gasteiger partial charge in [-0.15, -0.1) is 0 Å². The van der Waals surface area contributed by atoms with Crippen LogP contribution in [-0.4, -0.2) is 0 Å². The van der Waals surface area contributed by atoms with E-state index in [1.165, 1.54) is 11.8 Å². The third kappa shape index (κ3) is 3.57. The fourth-order valence-corrected chi connectivity index (χ4v) is 3.06. The van der Waals surface area contributed by atoms with Crippen molar-refractivity contribution in [2.45, 2.75) is 9.79 Å². The van der Waals surface area contributed by atoms with Crippen LogP contribution in [-0.2, 0) is 0 Å². The van der Waals surface area contributed by atoms with E-state index in [4.69, 9.17) is 4.74 Å². The molecule has 0 aliphatic heterocycles. The minimum absolute atomic E-state index is 0.306. The molecule has 24 heavy (non-hydrogen) atoms. The summed E-state index contributed by atoms with van der Waals surface area (Å²) in [6.45, 7) is 0. The molecule has 0 N–H and O–H groups in total. The van der Waals surface area contributed by atoms with Crippen molar-refractivity contribution in [1.82, 2.24) is 0 Å². The average Bonchev–Trinajstić information content (AvgIpc) is 2.64. The summed E-state index contributed by atoms with van der Waals surface area (Å²) in [6.07, 6.45) is 0. The van der Waals surface area contributed by atoms with Gasteiger partial charge in [0.25, 0.3) is 0 Å². The number of nitrogens with zero attached hydrogens (tertiary/aromatic N) is 2. The Bertz CT molecular complexity index is 847. The normalized spacial score (nSPS) is 9.75. The molecule has 0 aromatic heterocycles. The summed E-state index contributed by atoms with van der Waals surface area (Å²) in [4.78, 5) is 1.82. The van der Waals surface area contributed by atoms with Crippen LogP contribution in [0.5, 0.6) is 11.5 Å². The van der Waals surface area contributed by atoms with E-state index in [2.05, 4.69) is 12.1 Å². The Kier molecular flexibility index (Phi) is 4.81. The van der Waals surface area contributed by atoms with Crippen LogP contribution in [0.3, 0.4) is 0 Å². The standard InChI is InChI=1S/C20H12N2OS/c21-13-15-11-19(23-17-7-3-1-4-8-17)20(12-16(15)14-22)24-18-9-5-2-6-10-18/h1-12H. The molecule has 0 spiro atoms. The highest BCUT2D eigenvalue weighted by atomic mass is 32.2. The van der Waals surface area contributed by atoms with Crippen LogP contribution in [0, 0.1) is 22.7 Å². The Labute approximate surface area is 144 Å². The molecule has 0 heterocycles. The fraction of sp³-hybridized carbons (Fsp3) is 0. The first kappa shape index (κ1) is 15.7. The maximum Gasteiger partial charge on any atom is 0.142 e. The van der Waals surface area contributed by atoms with Crippen molar-refractivity contribution in [1.29, 1.82) is 10.5 Å². The van der Waals surface area contributed by atoms with Gasteiger partial charge in [-0.2, -0.15) is 10.5 Å². The molecule has 0 atom stereocenters. The van der Waals surface area contributed by atoms with Gasteiger partial charge in [0.1, 0.15) is 23.6 Å². The Morgan fingerprint density at radius 3 is 1.96 bits per heavy atom. The van der Waals surface area contributed by atoms with Crippen molar-refractivity contribution in [3.8, 4) is 23.6 Å². The van der Waals surface area contributed by atoms with Gasteiger partial charge in [0, 0.05) is 11.0 Å². The van der Waals surface area contributed by atoms with E-state index in [-0.39, 0.29) is 0 Å². The van der Waals surface area contributed by atoms with Crippen molar-refractivity contribution in [2.75, 3.05) is 0 Å². The molecule has 0 aliphatic carbocycles. The van der Waals surface area contributed by atoms with E-state index in [1.54, 1.807) is 12.1 Å². The fourth-order valence-electron chi connectivity index (χ4n) is 2.14. The van der Waals surface area contributed by atoms with Gasteiger partial charge in [0.05, 0.1) is 16.0 Å². The second-order valence-corrected chi connectivity index (χ2v) is 6.01. The molecule has 0 amide bonds. The Morgan fingerprint density at radius 2 is 1.33 bits per heavy atom. The molecular formula is C20H12N2OS. The van der Waals surface area contributed by atoms with Crippen molar-refractivity contribution >= 4 is 11.8 Å². The first-order chi connectivity index (χ1) is 11.8. The van der Waals surface area contributed by atoms with E-state index >= 15 is 0 Å². The predicted octanol–water partition coefficient (Wildman–Crippen LogP) is 5.37. The monoisotopic (exact) mass is 328 g/mol. The SMILES string of the molecule is N#Cc1cc(Oc2ccccc2)c(Sc2ccccc2)cc1C#N. The molecule has 0 bridgehead atoms. The lowest BCUT2D eigenvalue weighted by atomic mass is 10.1. The Morgan fingerprint density at radius 1 is 0.750 bits per heavy atom. The smallest absolute Gasteiger partial charge is 0.142 e. The lowest BCUT2D eigenvalue weighted by molar-refractivity contribution is 0.471. The zero-order valence-corrected chi connectivity index (χ0v) is 13.5. The summed E-state index contributed by atoms with van der Waals surface area (Å²) < 4.78 is 5.94. The summed E-state index contributed by atoms with van der Waals surface area (Å²) in [5.41, 5.74) is 0.650. The van der Waals surface area contributed by atoms with E-state index in [0.717, 1.165) is 9.79 Å². The van der Waals surface area contributed by atoms with Crippen LogP contribution in [0.25, 0.3) is 0 Å². The first-order valence-corrected chi connectivity index (χ1v) is 8.06. The average molecular weight is 328 g/mol. The summed E-state index contributed by atoms with van der Waals surface area (Å²) in [5, 5.41) is 18.5. The Balaban J connectivity index is 2.04. The summed E-state index contributed by atoms with van der Waals surface area (Å²) in [5.74, 6) is 1.24. The number of hydrogen-bond donors (Lipinski definition) is 0. The van der Waals surface area contributed by atoms with Gasteiger partial charge < -0.3 is 4.74 Å². The Hall–Kier alpha value is -3.21. The molecule has 0 fully saturated rings. The van der Waals surface area contributed by atoms with Crippen LogP contribution in [0.1, 0.15) is 11.1 Å². The van der Waals surface area contributed by atoms with E-state index in [1.807, 2.05) is 60.7 Å². The summed E-state index contributed by atoms with van der Waals surface area (Å²) >= 11 is 1.50. The number of rotatable bonds is 4. The van der Waals surface area contributed by atoms with Gasteiger partial charge in [0.15, 0.2) is 0 Å². The maximum atomic E-state index is 9.27. The van der Waals surface area contributed by atoms with E-state index in [9.17, 15) is 10.5 Å². The molecular weight excluding hydrogens is 316 g/mol. The molecule has 3 nitrogen and oxygen atoms in total. The van der Waals surface area contributed by atoms with Crippen LogP contribution in [0.4, 0.5) is 0 Å². The van der Waals surface area contributed by atoms with Crippen LogP contribution < -0.4 is 4.74 Å². The second-order valence-electron chi connectivity index (χ2n) is 4.90. The lowest BCUT2D eigenvalue weighted by Gasteiger charge is -2.12. The predicted molar refractivity (Wildman–Crippen MR) is 93.0 cm³/mol. The molecule has 0 aliphatic rings. The molecule has 0 radical (unpaired) electrons. The molecule has 0 saturated heterocycles. The number of para-hydroxylation sites is 1. The van der Waals surface area contributed by atoms with Gasteiger partial charge in [-0.25, -0.2) is 0 Å². The molecule has 0 saturated carbocycles. The molecule has 3 aromatic carbocycles. The van der Waals surface area contributed by atoms with E-state index in [0.29, 0.717) is 22.6 Å². The van der Waals surface area contributed by atoms with Crippen molar-refractivity contribution in [2.24, 2.45) is 0 Å². The summed E-state index contributed by atoms with van der Waals surface area (Å²) in [7, 11) is 0. The zero-order chi connectivity index (χ0) is 16.8. The molecule has 0 unspecified atom stereocenters. The molecule has 3 rings (SSSR count). The topological polar surface area (TPSA) is 56.8 Å². The van der Waals surface area contributed by atoms with Crippen molar-refractivity contribution < 1.29 is 4.74 Å². The largest absolute Gasteiger partial charge is 0.456 e. The third-order valence-electron chi connectivity index (χ3n) is 3.27. The van der Waals surface area contributed by atoms with Gasteiger partial charge in [-0.05, 0) is 30.3 Å². The van der Waals surface area contributed by atoms with Gasteiger partial charge >= 0.3 is 0 Å². The number of nitriles is 2. The molecule has 3 aromatic rings. The van der Waals surface area contributed by atoms with E-state index < -0.39 is 0 Å². The van der Waals surface area contributed by atoms with Crippen molar-refractivity contribution in [3.63, 3.8) is 0 Å². The highest BCUT2D eigenvalue weighted by molar-refractivity contribution is 7.99. The summed E-state index contributed by atoms with van der Waals surface area (Å²) in [6, 6.07) is 26.7. The molecule has 114 valence electrons. The first-order valence-electron chi connectivity index (χ1n) is 7.24. The van der Waals surface area contributed by atoms with Crippen LogP contribution in [0.15, 0.2) is 82.6 Å². The third-order valence-corrected chi connectivity index (χ3v) is 4.31. The number of ether oxygens (including phenoxy) is 1. The van der Waals surface area contributed by atoms with Gasteiger partial charge in [-0.1, -0.05) is 48.2 Å². The number of hydrogen-bond acceptors (Lipinski definition) is 4. The number of benzene rings is 3. The second kappa shape index (κ2) is 7.37. The lowest BCUT2D eigenvalue weighted by Crippen LogP contribution is -1.92. The quantitative estimate of drug-likeness (QED) is 0.645. The van der Waals surface area contributed by atoms with Gasteiger partial charge in [0.2, 0.25) is 0 Å².